The summed E-state index contributed by atoms with van der Waals surface area (Å²) < 4.78 is 2.04. The standard InChI is InChI=1S/C23H19ClN4O2/c24-13-6-7-15-17(12-28(9-3-8-25)19(15)10-13)21-20(22(29)27-23(21)30)16-11-26-18-5-2-1-4-14(16)18/h1-2,4-7,10-12,26H,3,8-9,25H2,(H,27,29,30). The lowest BCUT2D eigenvalue weighted by Crippen LogP contribution is -2.22. The van der Waals surface area contributed by atoms with Crippen LogP contribution in [0.1, 0.15) is 17.5 Å². The van der Waals surface area contributed by atoms with E-state index in [1.807, 2.05) is 47.2 Å². The van der Waals surface area contributed by atoms with Crippen molar-refractivity contribution in [3.8, 4) is 0 Å². The average molecular weight is 419 g/mol. The van der Waals surface area contributed by atoms with Crippen molar-refractivity contribution in [2.24, 2.45) is 5.73 Å². The number of rotatable bonds is 5. The Morgan fingerprint density at radius 3 is 2.53 bits per heavy atom. The van der Waals surface area contributed by atoms with E-state index in [1.54, 1.807) is 12.3 Å². The zero-order valence-electron chi connectivity index (χ0n) is 16.0. The lowest BCUT2D eigenvalue weighted by molar-refractivity contribution is -0.122. The first kappa shape index (κ1) is 18.7. The molecule has 1 aliphatic heterocycles. The molecule has 7 heteroatoms. The van der Waals surface area contributed by atoms with Crippen LogP contribution in [0.5, 0.6) is 0 Å². The number of fused-ring (bicyclic) bond motifs is 2. The number of carbonyl (C=O) groups is 2. The molecule has 5 rings (SSSR count). The Balaban J connectivity index is 1.80. The minimum Gasteiger partial charge on any atom is -0.361 e. The lowest BCUT2D eigenvalue weighted by Gasteiger charge is -2.03. The smallest absolute Gasteiger partial charge is 0.259 e. The molecule has 0 aliphatic carbocycles. The summed E-state index contributed by atoms with van der Waals surface area (Å²) in [5.41, 5.74) is 9.69. The molecule has 2 aromatic heterocycles. The van der Waals surface area contributed by atoms with Crippen molar-refractivity contribution in [2.75, 3.05) is 6.54 Å². The van der Waals surface area contributed by atoms with Crippen molar-refractivity contribution >= 4 is 56.4 Å². The van der Waals surface area contributed by atoms with Gasteiger partial charge in [-0.15, -0.1) is 0 Å². The van der Waals surface area contributed by atoms with E-state index < -0.39 is 11.8 Å². The van der Waals surface area contributed by atoms with E-state index in [2.05, 4.69) is 10.3 Å². The average Bonchev–Trinajstić information content (AvgIpc) is 3.39. The van der Waals surface area contributed by atoms with Crippen LogP contribution in [0.15, 0.2) is 54.9 Å². The summed E-state index contributed by atoms with van der Waals surface area (Å²) in [6.45, 7) is 1.25. The summed E-state index contributed by atoms with van der Waals surface area (Å²) >= 11 is 6.23. The number of halogens is 1. The minimum atomic E-state index is -0.395. The molecule has 0 saturated heterocycles. The number of benzene rings is 2. The van der Waals surface area contributed by atoms with E-state index in [0.717, 1.165) is 28.2 Å². The number of imide groups is 1. The van der Waals surface area contributed by atoms with Crippen molar-refractivity contribution in [1.82, 2.24) is 14.9 Å². The van der Waals surface area contributed by atoms with E-state index in [-0.39, 0.29) is 0 Å². The van der Waals surface area contributed by atoms with Gasteiger partial charge in [-0.1, -0.05) is 35.9 Å². The topological polar surface area (TPSA) is 92.9 Å². The van der Waals surface area contributed by atoms with Crippen molar-refractivity contribution in [3.05, 3.63) is 71.0 Å². The van der Waals surface area contributed by atoms with Crippen molar-refractivity contribution in [2.45, 2.75) is 13.0 Å². The van der Waals surface area contributed by atoms with E-state index in [1.165, 1.54) is 0 Å². The van der Waals surface area contributed by atoms with Gasteiger partial charge in [0.1, 0.15) is 0 Å². The number of nitrogens with zero attached hydrogens (tertiary/aromatic N) is 1. The van der Waals surface area contributed by atoms with Gasteiger partial charge in [-0.2, -0.15) is 0 Å². The molecule has 0 radical (unpaired) electrons. The highest BCUT2D eigenvalue weighted by Crippen LogP contribution is 2.38. The second-order valence-corrected chi connectivity index (χ2v) is 7.76. The third kappa shape index (κ3) is 2.84. The molecule has 0 saturated carbocycles. The van der Waals surface area contributed by atoms with Gasteiger partial charge < -0.3 is 15.3 Å². The summed E-state index contributed by atoms with van der Waals surface area (Å²) in [4.78, 5) is 28.9. The molecule has 3 heterocycles. The van der Waals surface area contributed by atoms with Crippen LogP contribution in [0.4, 0.5) is 0 Å². The third-order valence-electron chi connectivity index (χ3n) is 5.51. The second-order valence-electron chi connectivity index (χ2n) is 7.32. The maximum Gasteiger partial charge on any atom is 0.259 e. The van der Waals surface area contributed by atoms with Gasteiger partial charge in [0.25, 0.3) is 11.8 Å². The van der Waals surface area contributed by atoms with E-state index in [0.29, 0.717) is 40.4 Å². The summed E-state index contributed by atoms with van der Waals surface area (Å²) in [5.74, 6) is -0.787. The van der Waals surface area contributed by atoms with Gasteiger partial charge in [0, 0.05) is 51.4 Å². The largest absolute Gasteiger partial charge is 0.361 e. The Bertz CT molecular complexity index is 1360. The maximum absolute atomic E-state index is 12.9. The number of amides is 2. The van der Waals surface area contributed by atoms with Gasteiger partial charge in [0.2, 0.25) is 0 Å². The summed E-state index contributed by atoms with van der Waals surface area (Å²) in [6.07, 6.45) is 4.48. The fourth-order valence-electron chi connectivity index (χ4n) is 4.16. The van der Waals surface area contributed by atoms with Crippen molar-refractivity contribution < 1.29 is 9.59 Å². The monoisotopic (exact) mass is 418 g/mol. The van der Waals surface area contributed by atoms with Crippen LogP contribution in [-0.2, 0) is 16.1 Å². The first-order chi connectivity index (χ1) is 14.6. The van der Waals surface area contributed by atoms with Gasteiger partial charge in [-0.25, -0.2) is 0 Å². The summed E-state index contributed by atoms with van der Waals surface area (Å²) in [5, 5.41) is 4.85. The van der Waals surface area contributed by atoms with Gasteiger partial charge in [-0.3, -0.25) is 14.9 Å². The van der Waals surface area contributed by atoms with Gasteiger partial charge in [-0.05, 0) is 31.2 Å². The molecule has 2 aromatic carbocycles. The quantitative estimate of drug-likeness (QED) is 0.431. The highest BCUT2D eigenvalue weighted by atomic mass is 35.5. The Kier molecular flexibility index (Phi) is 4.46. The molecule has 150 valence electrons. The number of hydrogen-bond acceptors (Lipinski definition) is 3. The third-order valence-corrected chi connectivity index (χ3v) is 5.74. The first-order valence-corrected chi connectivity index (χ1v) is 10.1. The molecule has 4 N–H and O–H groups in total. The number of carbonyl (C=O) groups excluding carboxylic acids is 2. The predicted molar refractivity (Wildman–Crippen MR) is 119 cm³/mol. The molecule has 0 bridgehead atoms. The Labute approximate surface area is 177 Å². The summed E-state index contributed by atoms with van der Waals surface area (Å²) in [7, 11) is 0. The van der Waals surface area contributed by atoms with Crippen LogP contribution in [0, 0.1) is 0 Å². The van der Waals surface area contributed by atoms with Crippen LogP contribution in [0.25, 0.3) is 33.0 Å². The first-order valence-electron chi connectivity index (χ1n) is 9.73. The molecule has 0 fully saturated rings. The van der Waals surface area contributed by atoms with Crippen LogP contribution < -0.4 is 11.1 Å². The number of aromatic nitrogens is 2. The normalized spacial score (nSPS) is 14.3. The van der Waals surface area contributed by atoms with Gasteiger partial charge in [0.15, 0.2) is 0 Å². The molecule has 6 nitrogen and oxygen atoms in total. The summed E-state index contributed by atoms with van der Waals surface area (Å²) in [6, 6.07) is 13.3. The zero-order valence-corrected chi connectivity index (χ0v) is 16.8. The minimum absolute atomic E-state index is 0.378. The second kappa shape index (κ2) is 7.16. The Morgan fingerprint density at radius 2 is 1.73 bits per heavy atom. The molecule has 0 atom stereocenters. The van der Waals surface area contributed by atoms with Gasteiger partial charge in [0.05, 0.1) is 16.7 Å². The van der Waals surface area contributed by atoms with Crippen LogP contribution in [0.3, 0.4) is 0 Å². The van der Waals surface area contributed by atoms with E-state index in [4.69, 9.17) is 17.3 Å². The lowest BCUT2D eigenvalue weighted by atomic mass is 9.95. The Hall–Kier alpha value is -3.35. The fraction of sp³-hybridized carbons (Fsp3) is 0.130. The number of hydrogen-bond donors (Lipinski definition) is 3. The van der Waals surface area contributed by atoms with Crippen molar-refractivity contribution in [1.29, 1.82) is 0 Å². The molecule has 30 heavy (non-hydrogen) atoms. The number of H-pyrrole nitrogens is 1. The van der Waals surface area contributed by atoms with E-state index >= 15 is 0 Å². The highest BCUT2D eigenvalue weighted by Gasteiger charge is 2.35. The number of para-hydroxylation sites is 1. The molecular formula is C23H19ClN4O2. The Morgan fingerprint density at radius 1 is 0.967 bits per heavy atom. The molecular weight excluding hydrogens is 400 g/mol. The zero-order chi connectivity index (χ0) is 20.8. The highest BCUT2D eigenvalue weighted by molar-refractivity contribution is 6.50. The number of nitrogens with one attached hydrogen (secondary N) is 2. The number of aryl methyl sites for hydroxylation is 1. The number of aromatic amines is 1. The van der Waals surface area contributed by atoms with E-state index in [9.17, 15) is 9.59 Å². The maximum atomic E-state index is 12.9. The molecule has 0 spiro atoms. The molecule has 4 aromatic rings. The predicted octanol–water partition coefficient (Wildman–Crippen LogP) is 3.69. The van der Waals surface area contributed by atoms with Crippen LogP contribution in [-0.4, -0.2) is 27.9 Å². The molecule has 1 aliphatic rings. The fourth-order valence-corrected chi connectivity index (χ4v) is 4.32. The van der Waals surface area contributed by atoms with Gasteiger partial charge >= 0.3 is 0 Å². The van der Waals surface area contributed by atoms with Crippen LogP contribution in [0.2, 0.25) is 5.02 Å². The van der Waals surface area contributed by atoms with Crippen molar-refractivity contribution in [3.63, 3.8) is 0 Å². The molecule has 0 unspecified atom stereocenters. The number of nitrogens with two attached hydrogens (primary N) is 1. The SMILES string of the molecule is NCCCn1cc(C2=C(c3c[nH]c4ccccc34)C(=O)NC2=O)c2ccc(Cl)cc21. The molecule has 2 amide bonds. The van der Waals surface area contributed by atoms with Crippen LogP contribution >= 0.6 is 11.6 Å².